The van der Waals surface area contributed by atoms with E-state index in [1.807, 2.05) is 12.1 Å². The van der Waals surface area contributed by atoms with E-state index in [1.54, 1.807) is 12.1 Å². The van der Waals surface area contributed by atoms with Crippen molar-refractivity contribution in [2.24, 2.45) is 5.73 Å². The zero-order chi connectivity index (χ0) is 25.9. The minimum Gasteiger partial charge on any atom is -0.773 e. The van der Waals surface area contributed by atoms with E-state index in [0.29, 0.717) is 28.5 Å². The Labute approximate surface area is 218 Å². The zero-order valence-electron chi connectivity index (χ0n) is 20.1. The summed E-state index contributed by atoms with van der Waals surface area (Å²) in [4.78, 5) is 16.4. The van der Waals surface area contributed by atoms with Gasteiger partial charge in [-0.2, -0.15) is 0 Å². The number of piperazine rings is 1. The molecule has 2 N–H and O–H groups in total. The summed E-state index contributed by atoms with van der Waals surface area (Å²) >= 11 is 10.5. The minimum atomic E-state index is -1.86. The summed E-state index contributed by atoms with van der Waals surface area (Å²) in [5, 5.41) is 1.30. The van der Waals surface area contributed by atoms with Gasteiger partial charge in [0.25, 0.3) is 5.91 Å². The van der Waals surface area contributed by atoms with E-state index in [0.717, 1.165) is 55.4 Å². The lowest BCUT2D eigenvalue weighted by Gasteiger charge is -2.43. The molecule has 2 aromatic rings. The predicted octanol–water partition coefficient (Wildman–Crippen LogP) is 4.87. The van der Waals surface area contributed by atoms with Crippen LogP contribution >= 0.6 is 23.2 Å². The third kappa shape index (κ3) is 7.71. The molecule has 192 valence electrons. The maximum atomic E-state index is 14.5. The lowest BCUT2D eigenvalue weighted by Crippen LogP contribution is -2.52. The molecule has 0 spiro atoms. The third-order valence-corrected chi connectivity index (χ3v) is 6.97. The highest BCUT2D eigenvalue weighted by atomic mass is 35.5. The van der Waals surface area contributed by atoms with Crippen LogP contribution in [0.15, 0.2) is 30.3 Å². The van der Waals surface area contributed by atoms with Crippen LogP contribution in [0, 0.1) is 5.82 Å². The van der Waals surface area contributed by atoms with Gasteiger partial charge in [-0.25, -0.2) is 4.39 Å². The Morgan fingerprint density at radius 1 is 1.20 bits per heavy atom. The molecule has 1 amide bonds. The number of carbonyl (C=O) groups is 1. The fourth-order valence-corrected chi connectivity index (χ4v) is 5.29. The molecular formula is C25H31Cl2FN3O3S-. The van der Waals surface area contributed by atoms with E-state index in [1.165, 1.54) is 6.07 Å². The van der Waals surface area contributed by atoms with E-state index in [4.69, 9.17) is 37.7 Å². The van der Waals surface area contributed by atoms with Crippen LogP contribution in [0.4, 0.5) is 4.39 Å². The molecule has 10 heteroatoms. The molecule has 1 unspecified atom stereocenters. The molecule has 0 aromatic heterocycles. The zero-order valence-corrected chi connectivity index (χ0v) is 22.4. The third-order valence-electron chi connectivity index (χ3n) is 6.53. The van der Waals surface area contributed by atoms with Crippen LogP contribution in [0.3, 0.4) is 0 Å². The molecule has 35 heavy (non-hydrogen) atoms. The van der Waals surface area contributed by atoms with E-state index >= 15 is 0 Å². The van der Waals surface area contributed by atoms with Crippen LogP contribution < -0.4 is 5.73 Å². The van der Waals surface area contributed by atoms with Crippen molar-refractivity contribution >= 4 is 40.2 Å². The molecule has 1 aliphatic carbocycles. The van der Waals surface area contributed by atoms with Gasteiger partial charge >= 0.3 is 0 Å². The first-order valence-corrected chi connectivity index (χ1v) is 13.8. The molecule has 2 fully saturated rings. The SMILES string of the molecule is CS(=O)[O-].C[C@H](c1cc(Cl)cc(Cl)c1)N1CCN(Cc2cc(F)c(C(N)=O)cc2C2CC2)C[C@@H]1C. The van der Waals surface area contributed by atoms with Crippen molar-refractivity contribution in [2.75, 3.05) is 25.9 Å². The summed E-state index contributed by atoms with van der Waals surface area (Å²) in [6.45, 7) is 7.73. The van der Waals surface area contributed by atoms with Gasteiger partial charge in [-0.1, -0.05) is 34.3 Å². The molecule has 1 aliphatic heterocycles. The van der Waals surface area contributed by atoms with Crippen molar-refractivity contribution in [1.29, 1.82) is 0 Å². The smallest absolute Gasteiger partial charge is 0.251 e. The van der Waals surface area contributed by atoms with Crippen molar-refractivity contribution in [3.05, 3.63) is 68.4 Å². The number of nitrogens with zero attached hydrogens (tertiary/aromatic N) is 2. The molecule has 0 bridgehead atoms. The lowest BCUT2D eigenvalue weighted by atomic mass is 9.98. The number of amides is 1. The van der Waals surface area contributed by atoms with Crippen LogP contribution in [0.2, 0.25) is 10.0 Å². The molecule has 4 rings (SSSR count). The Bertz CT molecular complexity index is 1080. The van der Waals surface area contributed by atoms with E-state index in [2.05, 4.69) is 23.6 Å². The molecule has 2 aliphatic rings. The second kappa shape index (κ2) is 12.1. The fraction of sp³-hybridized carbons (Fsp3) is 0.480. The van der Waals surface area contributed by atoms with Gasteiger partial charge in [0.05, 0.1) is 5.56 Å². The summed E-state index contributed by atoms with van der Waals surface area (Å²) in [5.41, 5.74) is 8.51. The Balaban J connectivity index is 0.000000795. The second-order valence-corrected chi connectivity index (χ2v) is 10.9. The van der Waals surface area contributed by atoms with Crippen molar-refractivity contribution in [1.82, 2.24) is 9.80 Å². The number of hydrogen-bond donors (Lipinski definition) is 1. The Kier molecular flexibility index (Phi) is 9.71. The Hall–Kier alpha value is -1.55. The van der Waals surface area contributed by atoms with Gasteiger partial charge < -0.3 is 10.3 Å². The van der Waals surface area contributed by atoms with Crippen LogP contribution in [0.1, 0.15) is 65.7 Å². The molecular weight excluding hydrogens is 512 g/mol. The number of rotatable bonds is 6. The first-order valence-electron chi connectivity index (χ1n) is 11.5. The van der Waals surface area contributed by atoms with Gasteiger partial charge in [-0.05, 0) is 85.9 Å². The topological polar surface area (TPSA) is 89.7 Å². The number of carbonyl (C=O) groups excluding carboxylic acids is 1. The maximum absolute atomic E-state index is 14.5. The molecule has 2 aromatic carbocycles. The average molecular weight is 544 g/mol. The second-order valence-electron chi connectivity index (χ2n) is 9.27. The summed E-state index contributed by atoms with van der Waals surface area (Å²) in [5.74, 6) is -0.812. The van der Waals surface area contributed by atoms with Crippen LogP contribution in [-0.4, -0.2) is 56.4 Å². The van der Waals surface area contributed by atoms with E-state index in [9.17, 15) is 9.18 Å². The van der Waals surface area contributed by atoms with E-state index in [-0.39, 0.29) is 11.6 Å². The van der Waals surface area contributed by atoms with Crippen molar-refractivity contribution in [3.8, 4) is 0 Å². The van der Waals surface area contributed by atoms with Crippen molar-refractivity contribution in [3.63, 3.8) is 0 Å². The van der Waals surface area contributed by atoms with Crippen molar-refractivity contribution in [2.45, 2.75) is 51.2 Å². The molecule has 1 saturated heterocycles. The number of halogens is 3. The Morgan fingerprint density at radius 3 is 2.31 bits per heavy atom. The van der Waals surface area contributed by atoms with Gasteiger partial charge in [-0.15, -0.1) is 0 Å². The molecule has 0 radical (unpaired) electrons. The summed E-state index contributed by atoms with van der Waals surface area (Å²) in [6, 6.07) is 9.41. The number of primary amides is 1. The quantitative estimate of drug-likeness (QED) is 0.525. The van der Waals surface area contributed by atoms with Gasteiger partial charge in [0.2, 0.25) is 0 Å². The maximum Gasteiger partial charge on any atom is 0.251 e. The van der Waals surface area contributed by atoms with Crippen LogP contribution in [0.5, 0.6) is 0 Å². The van der Waals surface area contributed by atoms with Gasteiger partial charge in [0.15, 0.2) is 0 Å². The van der Waals surface area contributed by atoms with Crippen LogP contribution in [0.25, 0.3) is 0 Å². The fourth-order valence-electron chi connectivity index (χ4n) is 4.75. The van der Waals surface area contributed by atoms with Gasteiger partial charge in [0, 0.05) is 48.3 Å². The lowest BCUT2D eigenvalue weighted by molar-refractivity contribution is 0.0503. The van der Waals surface area contributed by atoms with Crippen molar-refractivity contribution < 1.29 is 17.9 Å². The van der Waals surface area contributed by atoms with E-state index < -0.39 is 22.8 Å². The summed E-state index contributed by atoms with van der Waals surface area (Å²) in [7, 11) is 0. The number of benzene rings is 2. The first kappa shape index (κ1) is 28.0. The standard InChI is InChI=1S/C24H28Cl2FN3O.CH4O2S/c1-14-12-29(5-6-30(14)15(2)17-7-19(25)10-20(26)8-17)13-18-9-23(27)22(24(28)31)11-21(18)16-3-4-16;1-4(2)3/h7-11,14-16H,3-6,12-13H2,1-2H3,(H2,28,31);1H3,(H,2,3)/p-1/t14-,15+;/m0./s1. The highest BCUT2D eigenvalue weighted by molar-refractivity contribution is 7.78. The Morgan fingerprint density at radius 2 is 1.80 bits per heavy atom. The molecule has 1 saturated carbocycles. The molecule has 6 nitrogen and oxygen atoms in total. The predicted molar refractivity (Wildman–Crippen MR) is 138 cm³/mol. The minimum absolute atomic E-state index is 0.00200. The normalized spacial score (nSPS) is 20.6. The first-order chi connectivity index (χ1) is 16.5. The number of hydrogen-bond acceptors (Lipinski definition) is 5. The van der Waals surface area contributed by atoms with Gasteiger partial charge in [-0.3, -0.25) is 18.8 Å². The van der Waals surface area contributed by atoms with Crippen LogP contribution in [-0.2, 0) is 17.6 Å². The van der Waals surface area contributed by atoms with Gasteiger partial charge in [0.1, 0.15) is 5.82 Å². The highest BCUT2D eigenvalue weighted by Crippen LogP contribution is 2.43. The highest BCUT2D eigenvalue weighted by Gasteiger charge is 2.31. The summed E-state index contributed by atoms with van der Waals surface area (Å²) < 4.78 is 32.5. The molecule has 1 heterocycles. The number of nitrogens with two attached hydrogens (primary N) is 1. The molecule has 3 atom stereocenters. The average Bonchev–Trinajstić information content (AvgIpc) is 3.57. The summed E-state index contributed by atoms with van der Waals surface area (Å²) in [6.07, 6.45) is 3.25. The monoisotopic (exact) mass is 542 g/mol. The largest absolute Gasteiger partial charge is 0.773 e.